The van der Waals surface area contributed by atoms with Gasteiger partial charge in [-0.05, 0) is 31.9 Å². The summed E-state index contributed by atoms with van der Waals surface area (Å²) >= 11 is 1.81. The number of aryl methyl sites for hydroxylation is 1. The predicted molar refractivity (Wildman–Crippen MR) is 84.0 cm³/mol. The zero-order valence-corrected chi connectivity index (χ0v) is 14.0. The molecule has 2 aliphatic heterocycles. The molecule has 2 saturated heterocycles. The molecule has 0 unspecified atom stereocenters. The molecule has 3 rings (SSSR count). The predicted octanol–water partition coefficient (Wildman–Crippen LogP) is 1.34. The molecule has 0 spiro atoms. The Morgan fingerprint density at radius 1 is 1.48 bits per heavy atom. The van der Waals surface area contributed by atoms with E-state index in [-0.39, 0.29) is 12.1 Å². The Hall–Kier alpha value is -0.470. The van der Waals surface area contributed by atoms with E-state index < -0.39 is 10.0 Å². The maximum Gasteiger partial charge on any atom is 0.209 e. The fourth-order valence-corrected chi connectivity index (χ4v) is 5.06. The first-order chi connectivity index (χ1) is 9.92. The normalized spacial score (nSPS) is 30.5. The highest BCUT2D eigenvalue weighted by molar-refractivity contribution is 7.88. The minimum Gasteiger partial charge on any atom is -0.375 e. The lowest BCUT2D eigenvalue weighted by Crippen LogP contribution is -2.47. The van der Waals surface area contributed by atoms with Crippen LogP contribution in [0.15, 0.2) is 12.1 Å². The van der Waals surface area contributed by atoms with Crippen molar-refractivity contribution in [3.63, 3.8) is 0 Å². The molecule has 1 N–H and O–H groups in total. The SMILES string of the molecule is Cc1ccc(CN2C[C@@H](NS(C)(=O)=O)[C@H]3OCCC[C@H]32)s1. The third-order valence-electron chi connectivity index (χ3n) is 4.15. The molecule has 3 atom stereocenters. The van der Waals surface area contributed by atoms with Crippen LogP contribution in [0.5, 0.6) is 0 Å². The van der Waals surface area contributed by atoms with Gasteiger partial charge in [-0.3, -0.25) is 4.90 Å². The van der Waals surface area contributed by atoms with E-state index in [1.807, 2.05) is 11.3 Å². The highest BCUT2D eigenvalue weighted by atomic mass is 32.2. The highest BCUT2D eigenvalue weighted by Crippen LogP contribution is 2.31. The van der Waals surface area contributed by atoms with Crippen molar-refractivity contribution < 1.29 is 13.2 Å². The quantitative estimate of drug-likeness (QED) is 0.905. The van der Waals surface area contributed by atoms with Crippen LogP contribution >= 0.6 is 11.3 Å². The number of hydrogen-bond acceptors (Lipinski definition) is 5. The Labute approximate surface area is 130 Å². The number of ether oxygens (including phenoxy) is 1. The number of nitrogens with zero attached hydrogens (tertiary/aromatic N) is 1. The molecule has 2 fully saturated rings. The van der Waals surface area contributed by atoms with E-state index in [9.17, 15) is 8.42 Å². The van der Waals surface area contributed by atoms with Gasteiger partial charge in [0.1, 0.15) is 0 Å². The average Bonchev–Trinajstić information content (AvgIpc) is 2.94. The van der Waals surface area contributed by atoms with Crippen molar-refractivity contribution in [1.82, 2.24) is 9.62 Å². The highest BCUT2D eigenvalue weighted by Gasteiger charge is 2.44. The second-order valence-corrected chi connectivity index (χ2v) is 9.14. The van der Waals surface area contributed by atoms with E-state index >= 15 is 0 Å². The van der Waals surface area contributed by atoms with Crippen molar-refractivity contribution in [2.45, 2.75) is 44.5 Å². The van der Waals surface area contributed by atoms with E-state index in [0.29, 0.717) is 6.04 Å². The van der Waals surface area contributed by atoms with Crippen molar-refractivity contribution >= 4 is 21.4 Å². The van der Waals surface area contributed by atoms with E-state index in [1.165, 1.54) is 16.0 Å². The van der Waals surface area contributed by atoms with Gasteiger partial charge in [0, 0.05) is 35.5 Å². The number of sulfonamides is 1. The molecule has 2 aliphatic rings. The standard InChI is InChI=1S/C14H22N2O3S2/c1-10-5-6-11(20-10)8-16-9-12(15-21(2,17)18)14-13(16)4-3-7-19-14/h5-6,12-15H,3-4,7-9H2,1-2H3/t12-,13-,14-/m1/s1. The first kappa shape index (κ1) is 15.4. The van der Waals surface area contributed by atoms with Crippen LogP contribution in [0.3, 0.4) is 0 Å². The lowest BCUT2D eigenvalue weighted by atomic mass is 10.0. The monoisotopic (exact) mass is 330 g/mol. The minimum absolute atomic E-state index is 0.0189. The summed E-state index contributed by atoms with van der Waals surface area (Å²) in [5.74, 6) is 0. The van der Waals surface area contributed by atoms with Gasteiger partial charge in [0.05, 0.1) is 18.4 Å². The molecular formula is C14H22N2O3S2. The molecule has 5 nitrogen and oxygen atoms in total. The lowest BCUT2D eigenvalue weighted by Gasteiger charge is -2.32. The number of hydrogen-bond donors (Lipinski definition) is 1. The van der Waals surface area contributed by atoms with Gasteiger partial charge in [-0.1, -0.05) is 0 Å². The van der Waals surface area contributed by atoms with Gasteiger partial charge in [-0.2, -0.15) is 0 Å². The second kappa shape index (κ2) is 5.96. The zero-order chi connectivity index (χ0) is 15.0. The van der Waals surface area contributed by atoms with Crippen LogP contribution in [0.25, 0.3) is 0 Å². The van der Waals surface area contributed by atoms with E-state index in [2.05, 4.69) is 28.7 Å². The van der Waals surface area contributed by atoms with Crippen LogP contribution in [0.4, 0.5) is 0 Å². The Balaban J connectivity index is 1.74. The molecule has 21 heavy (non-hydrogen) atoms. The fraction of sp³-hybridized carbons (Fsp3) is 0.714. The van der Waals surface area contributed by atoms with Crippen LogP contribution in [0.2, 0.25) is 0 Å². The van der Waals surface area contributed by atoms with Crippen molar-refractivity contribution in [2.75, 3.05) is 19.4 Å². The van der Waals surface area contributed by atoms with Gasteiger partial charge in [0.2, 0.25) is 10.0 Å². The maximum absolute atomic E-state index is 11.5. The topological polar surface area (TPSA) is 58.6 Å². The number of fused-ring (bicyclic) bond motifs is 1. The molecule has 0 aliphatic carbocycles. The Kier molecular flexibility index (Phi) is 4.38. The van der Waals surface area contributed by atoms with Crippen LogP contribution in [-0.4, -0.2) is 50.9 Å². The minimum atomic E-state index is -3.20. The first-order valence-electron chi connectivity index (χ1n) is 7.31. The summed E-state index contributed by atoms with van der Waals surface area (Å²) < 4.78 is 31.7. The molecule has 1 aromatic heterocycles. The molecular weight excluding hydrogens is 308 g/mol. The van der Waals surface area contributed by atoms with Crippen LogP contribution in [0.1, 0.15) is 22.6 Å². The summed E-state index contributed by atoms with van der Waals surface area (Å²) in [5.41, 5.74) is 0. The van der Waals surface area contributed by atoms with Crippen molar-refractivity contribution in [1.29, 1.82) is 0 Å². The summed E-state index contributed by atoms with van der Waals surface area (Å²) in [5, 5.41) is 0. The Bertz CT molecular complexity index is 599. The largest absolute Gasteiger partial charge is 0.375 e. The Morgan fingerprint density at radius 3 is 2.95 bits per heavy atom. The van der Waals surface area contributed by atoms with Gasteiger partial charge in [-0.25, -0.2) is 13.1 Å². The van der Waals surface area contributed by atoms with Gasteiger partial charge in [0.25, 0.3) is 0 Å². The van der Waals surface area contributed by atoms with E-state index in [1.54, 1.807) is 0 Å². The molecule has 3 heterocycles. The van der Waals surface area contributed by atoms with Crippen LogP contribution in [-0.2, 0) is 21.3 Å². The third kappa shape index (κ3) is 3.65. The molecule has 0 radical (unpaired) electrons. The van der Waals surface area contributed by atoms with Gasteiger partial charge in [0.15, 0.2) is 0 Å². The zero-order valence-electron chi connectivity index (χ0n) is 12.4. The van der Waals surface area contributed by atoms with Crippen molar-refractivity contribution in [3.05, 3.63) is 21.9 Å². The third-order valence-corrected chi connectivity index (χ3v) is 5.87. The Morgan fingerprint density at radius 2 is 2.29 bits per heavy atom. The van der Waals surface area contributed by atoms with Gasteiger partial charge >= 0.3 is 0 Å². The smallest absolute Gasteiger partial charge is 0.209 e. The number of nitrogens with one attached hydrogen (secondary N) is 1. The van der Waals surface area contributed by atoms with Crippen molar-refractivity contribution in [2.24, 2.45) is 0 Å². The van der Waals surface area contributed by atoms with E-state index in [0.717, 1.165) is 32.5 Å². The summed E-state index contributed by atoms with van der Waals surface area (Å²) in [6.07, 6.45) is 3.33. The molecule has 118 valence electrons. The molecule has 0 amide bonds. The first-order valence-corrected chi connectivity index (χ1v) is 10.0. The number of rotatable bonds is 4. The van der Waals surface area contributed by atoms with Crippen LogP contribution < -0.4 is 4.72 Å². The second-order valence-electron chi connectivity index (χ2n) is 5.98. The van der Waals surface area contributed by atoms with E-state index in [4.69, 9.17) is 4.74 Å². The van der Waals surface area contributed by atoms with Crippen molar-refractivity contribution in [3.8, 4) is 0 Å². The van der Waals surface area contributed by atoms with Gasteiger partial charge in [-0.15, -0.1) is 11.3 Å². The van der Waals surface area contributed by atoms with Gasteiger partial charge < -0.3 is 4.74 Å². The maximum atomic E-state index is 11.5. The molecule has 0 bridgehead atoms. The number of likely N-dealkylation sites (tertiary alicyclic amines) is 1. The fourth-order valence-electron chi connectivity index (χ4n) is 3.39. The summed E-state index contributed by atoms with van der Waals surface area (Å²) in [7, 11) is -3.20. The molecule has 0 aromatic carbocycles. The summed E-state index contributed by atoms with van der Waals surface area (Å²) in [6, 6.07) is 4.49. The number of thiophene rings is 1. The molecule has 0 saturated carbocycles. The molecule has 7 heteroatoms. The average molecular weight is 330 g/mol. The lowest BCUT2D eigenvalue weighted by molar-refractivity contribution is -0.0192. The van der Waals surface area contributed by atoms with Crippen LogP contribution in [0, 0.1) is 6.92 Å². The molecule has 1 aromatic rings. The summed E-state index contributed by atoms with van der Waals surface area (Å²) in [4.78, 5) is 5.01. The summed E-state index contributed by atoms with van der Waals surface area (Å²) in [6.45, 7) is 4.44.